The van der Waals surface area contributed by atoms with E-state index in [1.54, 1.807) is 18.2 Å². The molecule has 0 aliphatic carbocycles. The number of rotatable bonds is 7. The van der Waals surface area contributed by atoms with Gasteiger partial charge in [0.1, 0.15) is 23.4 Å². The molecule has 3 aromatic rings. The molecule has 0 saturated carbocycles. The van der Waals surface area contributed by atoms with Crippen LogP contribution in [0.25, 0.3) is 10.9 Å². The van der Waals surface area contributed by atoms with E-state index in [1.807, 2.05) is 13.8 Å². The third-order valence-corrected chi connectivity index (χ3v) is 5.81. The first-order chi connectivity index (χ1) is 14.7. The van der Waals surface area contributed by atoms with E-state index < -0.39 is 29.0 Å². The van der Waals surface area contributed by atoms with Gasteiger partial charge in [-0.25, -0.2) is 9.18 Å². The van der Waals surface area contributed by atoms with E-state index in [0.29, 0.717) is 28.8 Å². The van der Waals surface area contributed by atoms with Crippen molar-refractivity contribution in [3.63, 3.8) is 0 Å². The minimum absolute atomic E-state index is 0.0237. The first kappa shape index (κ1) is 22.8. The quantitative estimate of drug-likeness (QED) is 0.551. The summed E-state index contributed by atoms with van der Waals surface area (Å²) in [6, 6.07) is 7.68. The number of aromatic carboxylic acids is 1. The molecule has 0 spiro atoms. The van der Waals surface area contributed by atoms with Crippen molar-refractivity contribution in [1.82, 2.24) is 4.57 Å². The maximum atomic E-state index is 14.4. The number of carbonyl (C=O) groups is 1. The molecule has 2 unspecified atom stereocenters. The Morgan fingerprint density at radius 2 is 2.00 bits per heavy atom. The van der Waals surface area contributed by atoms with E-state index in [2.05, 4.69) is 0 Å². The summed E-state index contributed by atoms with van der Waals surface area (Å²) in [4.78, 5) is 24.6. The van der Waals surface area contributed by atoms with E-state index in [1.165, 1.54) is 23.8 Å². The standard InChI is InChI=1S/C23H23ClFNO5/c1-4-12(2)22(28)26-11-16(23(29)30)21(27)15-9-14(19(31-3)10-18(15)26)8-13-6-5-7-17(24)20(13)25/h5-7,9-12,22,28H,4,8H2,1-3H3,(H,29,30). The van der Waals surface area contributed by atoms with Gasteiger partial charge < -0.3 is 19.5 Å². The highest BCUT2D eigenvalue weighted by Crippen LogP contribution is 2.31. The smallest absolute Gasteiger partial charge is 0.341 e. The fraction of sp³-hybridized carbons (Fsp3) is 0.304. The van der Waals surface area contributed by atoms with Crippen LogP contribution in [0.4, 0.5) is 4.39 Å². The van der Waals surface area contributed by atoms with Crippen molar-refractivity contribution in [1.29, 1.82) is 0 Å². The van der Waals surface area contributed by atoms with Crippen LogP contribution in [-0.4, -0.2) is 27.9 Å². The predicted molar refractivity (Wildman–Crippen MR) is 117 cm³/mol. The third-order valence-electron chi connectivity index (χ3n) is 5.52. The number of aliphatic hydroxyl groups excluding tert-OH is 1. The van der Waals surface area contributed by atoms with E-state index in [4.69, 9.17) is 16.3 Å². The molecular formula is C23H23ClFNO5. The lowest BCUT2D eigenvalue weighted by molar-refractivity contribution is 0.0501. The van der Waals surface area contributed by atoms with Gasteiger partial charge in [-0.1, -0.05) is 37.6 Å². The second-order valence-corrected chi connectivity index (χ2v) is 7.86. The summed E-state index contributed by atoms with van der Waals surface area (Å²) in [6.07, 6.45) is 0.822. The molecule has 1 aromatic heterocycles. The second-order valence-electron chi connectivity index (χ2n) is 7.45. The Hall–Kier alpha value is -2.90. The van der Waals surface area contributed by atoms with Crippen molar-refractivity contribution in [3.8, 4) is 5.75 Å². The van der Waals surface area contributed by atoms with Crippen LogP contribution in [0.1, 0.15) is 48.0 Å². The van der Waals surface area contributed by atoms with Gasteiger partial charge in [-0.2, -0.15) is 0 Å². The number of hydrogen-bond acceptors (Lipinski definition) is 4. The van der Waals surface area contributed by atoms with Crippen LogP contribution in [-0.2, 0) is 6.42 Å². The van der Waals surface area contributed by atoms with Gasteiger partial charge in [0.25, 0.3) is 0 Å². The molecule has 164 valence electrons. The van der Waals surface area contributed by atoms with Crippen molar-refractivity contribution in [3.05, 3.63) is 74.3 Å². The lowest BCUT2D eigenvalue weighted by atomic mass is 9.99. The summed E-state index contributed by atoms with van der Waals surface area (Å²) in [5.74, 6) is -1.79. The zero-order valence-electron chi connectivity index (χ0n) is 17.4. The normalized spacial score (nSPS) is 13.2. The van der Waals surface area contributed by atoms with Crippen LogP contribution in [0, 0.1) is 11.7 Å². The van der Waals surface area contributed by atoms with E-state index >= 15 is 0 Å². The van der Waals surface area contributed by atoms with Gasteiger partial charge in [0.2, 0.25) is 5.43 Å². The average molecular weight is 448 g/mol. The highest BCUT2D eigenvalue weighted by molar-refractivity contribution is 6.30. The molecule has 2 atom stereocenters. The summed E-state index contributed by atoms with van der Waals surface area (Å²) in [7, 11) is 1.44. The molecule has 0 aliphatic heterocycles. The monoisotopic (exact) mass is 447 g/mol. The van der Waals surface area contributed by atoms with E-state index in [0.717, 1.165) is 6.20 Å². The summed E-state index contributed by atoms with van der Waals surface area (Å²) < 4.78 is 21.3. The molecule has 0 bridgehead atoms. The molecule has 0 aliphatic rings. The number of pyridine rings is 1. The molecule has 3 rings (SSSR count). The van der Waals surface area contributed by atoms with Gasteiger partial charge in [-0.15, -0.1) is 0 Å². The summed E-state index contributed by atoms with van der Waals surface area (Å²) in [5.41, 5.74) is -0.0275. The molecule has 1 heterocycles. The molecule has 6 nitrogen and oxygen atoms in total. The van der Waals surface area contributed by atoms with Gasteiger partial charge >= 0.3 is 5.97 Å². The largest absolute Gasteiger partial charge is 0.496 e. The fourth-order valence-corrected chi connectivity index (χ4v) is 3.69. The number of aliphatic hydroxyl groups is 1. The number of benzene rings is 2. The van der Waals surface area contributed by atoms with Crippen molar-refractivity contribution in [2.75, 3.05) is 7.11 Å². The lowest BCUT2D eigenvalue weighted by Gasteiger charge is -2.24. The molecular weight excluding hydrogens is 425 g/mol. The molecule has 31 heavy (non-hydrogen) atoms. The SMILES string of the molecule is CCC(C)C(O)n1cc(C(=O)O)c(=O)c2cc(Cc3cccc(Cl)c3F)c(OC)cc21. The number of ether oxygens (including phenoxy) is 1. The highest BCUT2D eigenvalue weighted by atomic mass is 35.5. The van der Waals surface area contributed by atoms with Gasteiger partial charge in [-0.3, -0.25) is 4.79 Å². The topological polar surface area (TPSA) is 88.8 Å². The average Bonchev–Trinajstić information content (AvgIpc) is 2.75. The molecule has 2 N–H and O–H groups in total. The second kappa shape index (κ2) is 9.08. The zero-order valence-corrected chi connectivity index (χ0v) is 18.1. The summed E-state index contributed by atoms with van der Waals surface area (Å²) in [6.45, 7) is 3.72. The minimum Gasteiger partial charge on any atom is -0.496 e. The summed E-state index contributed by atoms with van der Waals surface area (Å²) >= 11 is 5.88. The van der Waals surface area contributed by atoms with E-state index in [-0.39, 0.29) is 22.7 Å². The molecule has 0 fully saturated rings. The Morgan fingerprint density at radius 3 is 2.61 bits per heavy atom. The van der Waals surface area contributed by atoms with Crippen LogP contribution < -0.4 is 10.2 Å². The maximum Gasteiger partial charge on any atom is 0.341 e. The molecule has 0 saturated heterocycles. The minimum atomic E-state index is -1.39. The van der Waals surface area contributed by atoms with Crippen LogP contribution in [0.2, 0.25) is 5.02 Å². The number of nitrogens with zero attached hydrogens (tertiary/aromatic N) is 1. The van der Waals surface area contributed by atoms with Crippen LogP contribution in [0.5, 0.6) is 5.75 Å². The number of aromatic nitrogens is 1. The Kier molecular flexibility index (Phi) is 6.67. The first-order valence-electron chi connectivity index (χ1n) is 9.79. The van der Waals surface area contributed by atoms with E-state index in [9.17, 15) is 24.2 Å². The Balaban J connectivity index is 2.30. The number of carboxylic acids is 1. The molecule has 0 radical (unpaired) electrons. The summed E-state index contributed by atoms with van der Waals surface area (Å²) in [5, 5.41) is 20.4. The van der Waals surface area contributed by atoms with Crippen LogP contribution >= 0.6 is 11.6 Å². The van der Waals surface area contributed by atoms with Crippen molar-refractivity contribution < 1.29 is 24.1 Å². The first-order valence-corrected chi connectivity index (χ1v) is 10.2. The number of methoxy groups -OCH3 is 1. The Morgan fingerprint density at radius 1 is 1.29 bits per heavy atom. The Labute approximate surface area is 183 Å². The number of hydrogen-bond donors (Lipinski definition) is 2. The lowest BCUT2D eigenvalue weighted by Crippen LogP contribution is -2.24. The van der Waals surface area contributed by atoms with Crippen molar-refractivity contribution in [2.45, 2.75) is 32.9 Å². The Bertz CT molecular complexity index is 1210. The molecule has 0 amide bonds. The maximum absolute atomic E-state index is 14.4. The predicted octanol–water partition coefficient (Wildman–Crippen LogP) is 4.63. The zero-order chi connectivity index (χ0) is 22.9. The van der Waals surface area contributed by atoms with Crippen molar-refractivity contribution in [2.24, 2.45) is 5.92 Å². The van der Waals surface area contributed by atoms with Crippen LogP contribution in [0.3, 0.4) is 0 Å². The van der Waals surface area contributed by atoms with Crippen molar-refractivity contribution >= 4 is 28.5 Å². The van der Waals surface area contributed by atoms with Gasteiger partial charge in [0.05, 0.1) is 17.6 Å². The van der Waals surface area contributed by atoms with Gasteiger partial charge in [-0.05, 0) is 29.7 Å². The third kappa shape index (κ3) is 4.29. The number of fused-ring (bicyclic) bond motifs is 1. The molecule has 8 heteroatoms. The fourth-order valence-electron chi connectivity index (χ4n) is 3.50. The van der Waals surface area contributed by atoms with Gasteiger partial charge in [0, 0.05) is 30.0 Å². The van der Waals surface area contributed by atoms with Gasteiger partial charge in [0.15, 0.2) is 0 Å². The molecule has 2 aromatic carbocycles. The number of halogens is 2. The number of carboxylic acid groups (broad SMARTS) is 1. The van der Waals surface area contributed by atoms with Crippen LogP contribution in [0.15, 0.2) is 41.3 Å². The highest BCUT2D eigenvalue weighted by Gasteiger charge is 2.23.